The molecule has 1 aliphatic heterocycles. The van der Waals surface area contributed by atoms with E-state index in [4.69, 9.17) is 15.2 Å². The van der Waals surface area contributed by atoms with Gasteiger partial charge in [-0.05, 0) is 0 Å². The molecule has 4 N–H and O–H groups in total. The first kappa shape index (κ1) is 12.5. The lowest BCUT2D eigenvalue weighted by atomic mass is 10.0. The average molecular weight is 220 g/mol. The van der Waals surface area contributed by atoms with Gasteiger partial charge in [-0.2, -0.15) is 4.91 Å². The zero-order chi connectivity index (χ0) is 11.3. The molecule has 7 heteroatoms. The third-order valence-corrected chi connectivity index (χ3v) is 2.18. The van der Waals surface area contributed by atoms with E-state index in [9.17, 15) is 15.1 Å². The number of hydrogen-bond donors (Lipinski definition) is 3. The van der Waals surface area contributed by atoms with Crippen LogP contribution in [0.4, 0.5) is 0 Å². The molecule has 0 saturated carbocycles. The van der Waals surface area contributed by atoms with Crippen molar-refractivity contribution in [3.8, 4) is 0 Å². The van der Waals surface area contributed by atoms with E-state index in [0.29, 0.717) is 6.54 Å². The van der Waals surface area contributed by atoms with Crippen LogP contribution >= 0.6 is 0 Å². The van der Waals surface area contributed by atoms with Crippen LogP contribution in [0.25, 0.3) is 0 Å². The Kier molecular flexibility index (Phi) is 5.06. The fourth-order valence-electron chi connectivity index (χ4n) is 1.44. The lowest BCUT2D eigenvalue weighted by Crippen LogP contribution is -2.50. The molecule has 1 fully saturated rings. The Morgan fingerprint density at radius 2 is 2.27 bits per heavy atom. The number of nitrogens with zero attached hydrogens (tertiary/aromatic N) is 1. The number of nitrogens with two attached hydrogens (primary N) is 1. The summed E-state index contributed by atoms with van der Waals surface area (Å²) in [7, 11) is 0. The summed E-state index contributed by atoms with van der Waals surface area (Å²) in [5.41, 5.74) is 5.23. The fourth-order valence-corrected chi connectivity index (χ4v) is 1.44. The summed E-state index contributed by atoms with van der Waals surface area (Å²) in [5, 5.41) is 21.6. The highest BCUT2D eigenvalue weighted by molar-refractivity contribution is 4.82. The molecule has 1 rings (SSSR count). The zero-order valence-corrected chi connectivity index (χ0v) is 8.28. The molecule has 15 heavy (non-hydrogen) atoms. The molecular formula is C8H16N2O5. The minimum absolute atomic E-state index is 0.0632. The van der Waals surface area contributed by atoms with Crippen molar-refractivity contribution in [3.05, 3.63) is 4.91 Å². The van der Waals surface area contributed by atoms with Crippen LogP contribution < -0.4 is 5.73 Å². The topological polar surface area (TPSA) is 114 Å². The Labute approximate surface area is 87.1 Å². The van der Waals surface area contributed by atoms with Crippen LogP contribution in [-0.4, -0.2) is 54.5 Å². The highest BCUT2D eigenvalue weighted by Crippen LogP contribution is 2.21. The smallest absolute Gasteiger partial charge is 0.186 e. The van der Waals surface area contributed by atoms with E-state index in [2.05, 4.69) is 5.18 Å². The maximum absolute atomic E-state index is 10.0. The molecule has 0 aromatic heterocycles. The van der Waals surface area contributed by atoms with Crippen molar-refractivity contribution in [1.29, 1.82) is 0 Å². The predicted molar refractivity (Wildman–Crippen MR) is 51.0 cm³/mol. The van der Waals surface area contributed by atoms with Gasteiger partial charge in [0.05, 0.1) is 18.8 Å². The van der Waals surface area contributed by atoms with Crippen LogP contribution in [0.5, 0.6) is 0 Å². The molecule has 0 amide bonds. The van der Waals surface area contributed by atoms with Gasteiger partial charge < -0.3 is 25.4 Å². The minimum atomic E-state index is -1.11. The molecule has 0 radical (unpaired) electrons. The predicted octanol–water partition coefficient (Wildman–Crippen LogP) is -1.44. The van der Waals surface area contributed by atoms with Gasteiger partial charge >= 0.3 is 0 Å². The van der Waals surface area contributed by atoms with Crippen LogP contribution in [0, 0.1) is 4.91 Å². The number of hydrogen-bond acceptors (Lipinski definition) is 7. The Morgan fingerprint density at radius 3 is 2.87 bits per heavy atom. The van der Waals surface area contributed by atoms with Gasteiger partial charge in [0.25, 0.3) is 0 Å². The molecule has 4 atom stereocenters. The average Bonchev–Trinajstić information content (AvgIpc) is 2.21. The highest BCUT2D eigenvalue weighted by Gasteiger charge is 2.37. The molecule has 0 aromatic carbocycles. The van der Waals surface area contributed by atoms with Crippen LogP contribution in [0.15, 0.2) is 5.18 Å². The van der Waals surface area contributed by atoms with Crippen molar-refractivity contribution in [3.63, 3.8) is 0 Å². The molecule has 0 bridgehead atoms. The molecule has 1 heterocycles. The summed E-state index contributed by atoms with van der Waals surface area (Å²) in [5.74, 6) is 0. The van der Waals surface area contributed by atoms with Crippen LogP contribution in [-0.2, 0) is 9.47 Å². The van der Waals surface area contributed by atoms with Crippen molar-refractivity contribution in [2.24, 2.45) is 10.9 Å². The van der Waals surface area contributed by atoms with Gasteiger partial charge in [0.15, 0.2) is 6.29 Å². The third kappa shape index (κ3) is 3.47. The summed E-state index contributed by atoms with van der Waals surface area (Å²) >= 11 is 0. The van der Waals surface area contributed by atoms with Gasteiger partial charge in [0.1, 0.15) is 12.6 Å². The zero-order valence-electron chi connectivity index (χ0n) is 8.28. The number of ether oxygens (including phenoxy) is 2. The molecule has 1 saturated heterocycles. The van der Waals surface area contributed by atoms with Gasteiger partial charge in [-0.25, -0.2) is 0 Å². The van der Waals surface area contributed by atoms with Gasteiger partial charge in [0.2, 0.25) is 0 Å². The molecule has 0 aromatic rings. The molecule has 88 valence electrons. The van der Waals surface area contributed by atoms with Crippen molar-refractivity contribution in [2.75, 3.05) is 19.7 Å². The van der Waals surface area contributed by atoms with Gasteiger partial charge in [0, 0.05) is 13.0 Å². The van der Waals surface area contributed by atoms with E-state index in [1.807, 2.05) is 0 Å². The molecule has 7 nitrogen and oxygen atoms in total. The summed E-state index contributed by atoms with van der Waals surface area (Å²) in [4.78, 5) is 10.0. The second kappa shape index (κ2) is 6.09. The first-order valence-electron chi connectivity index (χ1n) is 4.81. The standard InChI is InChI=1S/C8H16N2O5/c9-1-2-14-8-7(12)6(11)3-5(15-8)4-10-13/h5-8,11-12H,1-4,9H2. The molecular weight excluding hydrogens is 204 g/mol. The van der Waals surface area contributed by atoms with Crippen molar-refractivity contribution < 1.29 is 19.7 Å². The van der Waals surface area contributed by atoms with Gasteiger partial charge in [-0.3, -0.25) is 0 Å². The third-order valence-electron chi connectivity index (χ3n) is 2.18. The number of aliphatic hydroxyl groups excluding tert-OH is 2. The molecule has 0 spiro atoms. The number of nitroso groups, excluding NO2 is 1. The first-order valence-corrected chi connectivity index (χ1v) is 4.81. The van der Waals surface area contributed by atoms with E-state index in [1.165, 1.54) is 0 Å². The van der Waals surface area contributed by atoms with Gasteiger partial charge in [-0.1, -0.05) is 5.18 Å². The number of rotatable bonds is 5. The quantitative estimate of drug-likeness (QED) is 0.489. The highest BCUT2D eigenvalue weighted by atomic mass is 16.7. The van der Waals surface area contributed by atoms with E-state index in [0.717, 1.165) is 0 Å². The lowest BCUT2D eigenvalue weighted by molar-refractivity contribution is -0.263. The van der Waals surface area contributed by atoms with Crippen molar-refractivity contribution >= 4 is 0 Å². The van der Waals surface area contributed by atoms with E-state index in [1.54, 1.807) is 0 Å². The summed E-state index contributed by atoms with van der Waals surface area (Å²) < 4.78 is 10.3. The van der Waals surface area contributed by atoms with Crippen LogP contribution in [0.3, 0.4) is 0 Å². The maximum Gasteiger partial charge on any atom is 0.186 e. The maximum atomic E-state index is 10.0. The minimum Gasteiger partial charge on any atom is -0.390 e. The van der Waals surface area contributed by atoms with E-state index in [-0.39, 0.29) is 19.6 Å². The van der Waals surface area contributed by atoms with Crippen LogP contribution in [0.1, 0.15) is 6.42 Å². The Balaban J connectivity index is 2.47. The molecule has 1 aliphatic rings. The fraction of sp³-hybridized carbons (Fsp3) is 1.00. The second-order valence-electron chi connectivity index (χ2n) is 3.39. The lowest BCUT2D eigenvalue weighted by Gasteiger charge is -2.35. The summed E-state index contributed by atoms with van der Waals surface area (Å²) in [6.07, 6.45) is -3.35. The van der Waals surface area contributed by atoms with Crippen molar-refractivity contribution in [1.82, 2.24) is 0 Å². The Morgan fingerprint density at radius 1 is 1.53 bits per heavy atom. The molecule has 0 aliphatic carbocycles. The molecule has 4 unspecified atom stereocenters. The van der Waals surface area contributed by atoms with Crippen molar-refractivity contribution in [2.45, 2.75) is 31.0 Å². The monoisotopic (exact) mass is 220 g/mol. The summed E-state index contributed by atoms with van der Waals surface area (Å²) in [6.45, 7) is 0.446. The largest absolute Gasteiger partial charge is 0.390 e. The second-order valence-corrected chi connectivity index (χ2v) is 3.39. The normalized spacial score (nSPS) is 36.5. The number of aliphatic hydroxyl groups is 2. The Bertz CT molecular complexity index is 203. The van der Waals surface area contributed by atoms with Gasteiger partial charge in [-0.15, -0.1) is 0 Å². The van der Waals surface area contributed by atoms with E-state index >= 15 is 0 Å². The van der Waals surface area contributed by atoms with E-state index < -0.39 is 24.6 Å². The Hall–Kier alpha value is -0.600. The SMILES string of the molecule is NCCOC1OC(CN=O)CC(O)C1O. The van der Waals surface area contributed by atoms with Crippen LogP contribution in [0.2, 0.25) is 0 Å². The summed E-state index contributed by atoms with van der Waals surface area (Å²) in [6, 6.07) is 0. The first-order chi connectivity index (χ1) is 7.19.